The van der Waals surface area contributed by atoms with Crippen LogP contribution in [-0.4, -0.2) is 48.2 Å². The van der Waals surface area contributed by atoms with Crippen LogP contribution < -0.4 is 5.32 Å². The van der Waals surface area contributed by atoms with Crippen molar-refractivity contribution in [3.63, 3.8) is 0 Å². The van der Waals surface area contributed by atoms with E-state index in [4.69, 9.17) is 4.99 Å². The minimum absolute atomic E-state index is 0.218. The number of benzene rings is 1. The third-order valence-electron chi connectivity index (χ3n) is 4.02. The molecule has 116 valence electrons. The van der Waals surface area contributed by atoms with E-state index in [1.807, 2.05) is 0 Å². The maximum absolute atomic E-state index is 9.69. The summed E-state index contributed by atoms with van der Waals surface area (Å²) in [5.74, 6) is 1.39. The van der Waals surface area contributed by atoms with Crippen LogP contribution in [-0.2, 0) is 0 Å². The maximum Gasteiger partial charge on any atom is 0.194 e. The molecule has 0 aromatic heterocycles. The lowest BCUT2D eigenvalue weighted by molar-refractivity contribution is 0.188. The minimum Gasteiger partial charge on any atom is -0.391 e. The molecule has 0 spiro atoms. The van der Waals surface area contributed by atoms with Crippen molar-refractivity contribution >= 4 is 5.96 Å². The number of rotatable bonds is 5. The zero-order valence-corrected chi connectivity index (χ0v) is 13.1. The molecule has 1 heterocycles. The lowest BCUT2D eigenvalue weighted by Gasteiger charge is -2.22. The van der Waals surface area contributed by atoms with E-state index in [9.17, 15) is 5.11 Å². The van der Waals surface area contributed by atoms with Crippen molar-refractivity contribution in [1.29, 1.82) is 0 Å². The highest BCUT2D eigenvalue weighted by molar-refractivity contribution is 5.80. The van der Waals surface area contributed by atoms with Crippen LogP contribution in [0, 0.1) is 0 Å². The third kappa shape index (κ3) is 4.46. The van der Waals surface area contributed by atoms with Gasteiger partial charge in [-0.2, -0.15) is 0 Å². The normalized spacial score (nSPS) is 20.6. The molecule has 1 aromatic carbocycles. The summed E-state index contributed by atoms with van der Waals surface area (Å²) in [5, 5.41) is 13.0. The molecule has 0 saturated carbocycles. The van der Waals surface area contributed by atoms with Gasteiger partial charge in [0.15, 0.2) is 5.96 Å². The van der Waals surface area contributed by atoms with Crippen molar-refractivity contribution in [3.8, 4) is 0 Å². The molecule has 4 heteroatoms. The number of β-amino-alcohol motifs (C(OH)–C–C–N with tert-alkyl or cyclic N) is 1. The molecule has 1 saturated heterocycles. The Hall–Kier alpha value is -1.55. The van der Waals surface area contributed by atoms with Crippen LogP contribution in [0.15, 0.2) is 35.3 Å². The molecule has 1 aliphatic heterocycles. The highest BCUT2D eigenvalue weighted by atomic mass is 16.3. The molecular weight excluding hydrogens is 262 g/mol. The smallest absolute Gasteiger partial charge is 0.194 e. The fourth-order valence-corrected chi connectivity index (χ4v) is 2.75. The molecule has 0 bridgehead atoms. The number of nitrogens with one attached hydrogen (secondary N) is 1. The monoisotopic (exact) mass is 289 g/mol. The number of hydrogen-bond donors (Lipinski definition) is 2. The van der Waals surface area contributed by atoms with Crippen molar-refractivity contribution in [1.82, 2.24) is 10.2 Å². The Morgan fingerprint density at radius 1 is 1.38 bits per heavy atom. The first-order chi connectivity index (χ1) is 10.2. The van der Waals surface area contributed by atoms with E-state index in [2.05, 4.69) is 54.4 Å². The Morgan fingerprint density at radius 3 is 2.71 bits per heavy atom. The average Bonchev–Trinajstić information content (AvgIpc) is 2.94. The van der Waals surface area contributed by atoms with E-state index in [0.717, 1.165) is 38.4 Å². The summed E-state index contributed by atoms with van der Waals surface area (Å²) in [6, 6.07) is 10.6. The first-order valence-electron chi connectivity index (χ1n) is 8.00. The topological polar surface area (TPSA) is 47.9 Å². The summed E-state index contributed by atoms with van der Waals surface area (Å²) < 4.78 is 0. The van der Waals surface area contributed by atoms with Crippen molar-refractivity contribution in [2.75, 3.05) is 26.2 Å². The summed E-state index contributed by atoms with van der Waals surface area (Å²) in [6.07, 6.45) is 1.69. The van der Waals surface area contributed by atoms with Gasteiger partial charge < -0.3 is 15.3 Å². The molecule has 0 amide bonds. The van der Waals surface area contributed by atoms with Gasteiger partial charge >= 0.3 is 0 Å². The molecule has 4 nitrogen and oxygen atoms in total. The summed E-state index contributed by atoms with van der Waals surface area (Å²) in [6.45, 7) is 7.50. The van der Waals surface area contributed by atoms with Crippen molar-refractivity contribution in [3.05, 3.63) is 35.9 Å². The van der Waals surface area contributed by atoms with Gasteiger partial charge in [-0.1, -0.05) is 37.3 Å². The van der Waals surface area contributed by atoms with Gasteiger partial charge in [0.1, 0.15) is 0 Å². The Labute approximate surface area is 127 Å². The van der Waals surface area contributed by atoms with E-state index in [1.54, 1.807) is 0 Å². The van der Waals surface area contributed by atoms with Crippen molar-refractivity contribution in [2.24, 2.45) is 4.99 Å². The molecular formula is C17H27N3O. The summed E-state index contributed by atoms with van der Waals surface area (Å²) in [4.78, 5) is 6.96. The molecule has 2 atom stereocenters. The quantitative estimate of drug-likeness (QED) is 0.645. The van der Waals surface area contributed by atoms with Crippen LogP contribution in [0.2, 0.25) is 0 Å². The van der Waals surface area contributed by atoms with Crippen LogP contribution in [0.4, 0.5) is 0 Å². The number of aliphatic hydroxyl groups is 1. The largest absolute Gasteiger partial charge is 0.391 e. The van der Waals surface area contributed by atoms with Gasteiger partial charge in [-0.15, -0.1) is 0 Å². The summed E-state index contributed by atoms with van der Waals surface area (Å²) in [7, 11) is 0. The van der Waals surface area contributed by atoms with Crippen LogP contribution in [0.25, 0.3) is 0 Å². The minimum atomic E-state index is -0.218. The van der Waals surface area contributed by atoms with E-state index < -0.39 is 0 Å². The lowest BCUT2D eigenvalue weighted by Crippen LogP contribution is -2.40. The Kier molecular flexibility index (Phi) is 6.05. The molecule has 2 N–H and O–H groups in total. The van der Waals surface area contributed by atoms with Crippen molar-refractivity contribution in [2.45, 2.75) is 38.7 Å². The molecule has 1 unspecified atom stereocenters. The van der Waals surface area contributed by atoms with E-state index in [0.29, 0.717) is 12.5 Å². The third-order valence-corrected chi connectivity index (χ3v) is 4.02. The second-order valence-corrected chi connectivity index (χ2v) is 5.60. The average molecular weight is 289 g/mol. The van der Waals surface area contributed by atoms with Gasteiger partial charge in [-0.3, -0.25) is 4.99 Å². The summed E-state index contributed by atoms with van der Waals surface area (Å²) in [5.41, 5.74) is 1.35. The van der Waals surface area contributed by atoms with Crippen LogP contribution >= 0.6 is 0 Å². The molecule has 1 aliphatic rings. The van der Waals surface area contributed by atoms with Gasteiger partial charge in [-0.25, -0.2) is 0 Å². The Bertz CT molecular complexity index is 447. The first-order valence-corrected chi connectivity index (χ1v) is 8.00. The fourth-order valence-electron chi connectivity index (χ4n) is 2.75. The van der Waals surface area contributed by atoms with Gasteiger partial charge in [-0.05, 0) is 25.3 Å². The van der Waals surface area contributed by atoms with Gasteiger partial charge in [0.25, 0.3) is 0 Å². The van der Waals surface area contributed by atoms with Crippen LogP contribution in [0.1, 0.15) is 38.2 Å². The lowest BCUT2D eigenvalue weighted by atomic mass is 9.97. The molecule has 1 fully saturated rings. The molecule has 2 rings (SSSR count). The highest BCUT2D eigenvalue weighted by Gasteiger charge is 2.23. The van der Waals surface area contributed by atoms with E-state index in [-0.39, 0.29) is 6.10 Å². The molecule has 1 aromatic rings. The van der Waals surface area contributed by atoms with E-state index in [1.165, 1.54) is 5.56 Å². The second kappa shape index (κ2) is 8.03. The zero-order chi connectivity index (χ0) is 15.1. The predicted octanol–water partition coefficient (Wildman–Crippen LogP) is 2.21. The molecule has 0 radical (unpaired) electrons. The molecule has 0 aliphatic carbocycles. The van der Waals surface area contributed by atoms with Crippen molar-refractivity contribution < 1.29 is 5.11 Å². The number of nitrogens with zero attached hydrogens (tertiary/aromatic N) is 2. The Balaban J connectivity index is 2.03. The summed E-state index contributed by atoms with van der Waals surface area (Å²) >= 11 is 0. The van der Waals surface area contributed by atoms with Crippen LogP contribution in [0.3, 0.4) is 0 Å². The second-order valence-electron chi connectivity index (χ2n) is 5.60. The number of aliphatic imine (C=N–C) groups is 1. The number of guanidine groups is 1. The van der Waals surface area contributed by atoms with Gasteiger partial charge in [0, 0.05) is 32.1 Å². The van der Waals surface area contributed by atoms with Gasteiger partial charge in [0.2, 0.25) is 0 Å². The maximum atomic E-state index is 9.69. The predicted molar refractivity (Wildman–Crippen MR) is 87.6 cm³/mol. The van der Waals surface area contributed by atoms with E-state index >= 15 is 0 Å². The molecule has 21 heavy (non-hydrogen) atoms. The zero-order valence-electron chi connectivity index (χ0n) is 13.1. The standard InChI is InChI=1S/C17H27N3O/c1-3-14(15-8-6-5-7-9-15)12-19-17(18-4-2)20-11-10-16(21)13-20/h5-9,14,16,21H,3-4,10-13H2,1-2H3,(H,18,19)/t14?,16-/m1/s1. The van der Waals surface area contributed by atoms with Crippen LogP contribution in [0.5, 0.6) is 0 Å². The number of aliphatic hydroxyl groups excluding tert-OH is 1. The first kappa shape index (κ1) is 15.8. The number of likely N-dealkylation sites (tertiary alicyclic amines) is 1. The fraction of sp³-hybridized carbons (Fsp3) is 0.588. The Morgan fingerprint density at radius 2 is 2.14 bits per heavy atom. The van der Waals surface area contributed by atoms with Gasteiger partial charge in [0.05, 0.1) is 6.10 Å². The number of hydrogen-bond acceptors (Lipinski definition) is 2. The highest BCUT2D eigenvalue weighted by Crippen LogP contribution is 2.19. The SMILES string of the molecule is CCNC(=NCC(CC)c1ccccc1)N1CC[C@@H](O)C1.